The Bertz CT molecular complexity index is 504. The van der Waals surface area contributed by atoms with Gasteiger partial charge in [0.1, 0.15) is 0 Å². The second-order valence-corrected chi connectivity index (χ2v) is 4.95. The van der Waals surface area contributed by atoms with E-state index in [0.717, 1.165) is 30.7 Å². The minimum absolute atomic E-state index is 0.316. The summed E-state index contributed by atoms with van der Waals surface area (Å²) in [5.41, 5.74) is 0. The van der Waals surface area contributed by atoms with Gasteiger partial charge in [-0.15, -0.1) is 0 Å². The fourth-order valence-corrected chi connectivity index (χ4v) is 1.40. The molecule has 0 aliphatic heterocycles. The highest BCUT2D eigenvalue weighted by Gasteiger charge is 2.14. The molecule has 28 heavy (non-hydrogen) atoms. The van der Waals surface area contributed by atoms with Crippen LogP contribution in [0.3, 0.4) is 0 Å². The van der Waals surface area contributed by atoms with Crippen molar-refractivity contribution in [3.8, 4) is 0 Å². The summed E-state index contributed by atoms with van der Waals surface area (Å²) < 4.78 is 18.9. The predicted octanol–water partition coefficient (Wildman–Crippen LogP) is 2.80. The van der Waals surface area contributed by atoms with Gasteiger partial charge in [0.15, 0.2) is 0 Å². The smallest absolute Gasteiger partial charge is 0.333 e. The number of esters is 4. The summed E-state index contributed by atoms with van der Waals surface area (Å²) in [7, 11) is 0. The van der Waals surface area contributed by atoms with Crippen LogP contribution in [0, 0.1) is 0 Å². The van der Waals surface area contributed by atoms with Crippen molar-refractivity contribution in [1.82, 2.24) is 0 Å². The Morgan fingerprint density at radius 3 is 1.36 bits per heavy atom. The fraction of sp³-hybridized carbons (Fsp3) is 0.400. The van der Waals surface area contributed by atoms with E-state index in [1.807, 2.05) is 6.92 Å². The number of rotatable bonds is 13. The maximum Gasteiger partial charge on any atom is 0.333 e. The molecule has 0 rings (SSSR count). The van der Waals surface area contributed by atoms with Crippen LogP contribution >= 0.6 is 0 Å². The molecule has 0 unspecified atom stereocenters. The number of carbonyl (C=O) groups is 4. The van der Waals surface area contributed by atoms with Crippen LogP contribution in [0.15, 0.2) is 50.6 Å². The molecule has 0 amide bonds. The second-order valence-electron chi connectivity index (χ2n) is 4.95. The lowest BCUT2D eigenvalue weighted by Gasteiger charge is -2.15. The Hall–Kier alpha value is -3.16. The molecule has 0 spiro atoms. The zero-order valence-electron chi connectivity index (χ0n) is 16.2. The van der Waals surface area contributed by atoms with E-state index in [4.69, 9.17) is 18.9 Å². The Morgan fingerprint density at radius 2 is 1.07 bits per heavy atom. The summed E-state index contributed by atoms with van der Waals surface area (Å²) >= 11 is 0. The van der Waals surface area contributed by atoms with Gasteiger partial charge in [-0.3, -0.25) is 0 Å². The minimum Gasteiger partial charge on any atom is -0.463 e. The Labute approximate surface area is 165 Å². The Balaban J connectivity index is 0. The van der Waals surface area contributed by atoms with Crippen LogP contribution in [0.4, 0.5) is 0 Å². The molecule has 0 aliphatic rings. The van der Waals surface area contributed by atoms with Crippen LogP contribution in [-0.4, -0.2) is 43.4 Å². The number of hydrogen-bond acceptors (Lipinski definition) is 8. The Kier molecular flexibility index (Phi) is 18.0. The molecule has 0 aromatic rings. The van der Waals surface area contributed by atoms with E-state index in [2.05, 4.69) is 26.3 Å². The third-order valence-corrected chi connectivity index (χ3v) is 2.71. The van der Waals surface area contributed by atoms with E-state index < -0.39 is 30.2 Å². The van der Waals surface area contributed by atoms with Crippen molar-refractivity contribution in [3.05, 3.63) is 50.6 Å². The quantitative estimate of drug-likeness (QED) is 0.154. The average Bonchev–Trinajstić information content (AvgIpc) is 2.70. The van der Waals surface area contributed by atoms with Gasteiger partial charge in [0, 0.05) is 30.7 Å². The third kappa shape index (κ3) is 17.7. The summed E-state index contributed by atoms with van der Waals surface area (Å²) in [5.74, 6) is -2.10. The summed E-state index contributed by atoms with van der Waals surface area (Å²) in [6, 6.07) is 0. The van der Waals surface area contributed by atoms with Gasteiger partial charge in [0.25, 0.3) is 0 Å². The molecular formula is C20H28O8. The molecular weight excluding hydrogens is 368 g/mol. The molecule has 156 valence electrons. The Morgan fingerprint density at radius 1 is 0.714 bits per heavy atom. The normalized spacial score (nSPS) is 9.07. The van der Waals surface area contributed by atoms with E-state index >= 15 is 0 Å². The van der Waals surface area contributed by atoms with Crippen LogP contribution in [0.1, 0.15) is 32.6 Å². The first-order valence-corrected chi connectivity index (χ1v) is 8.58. The number of unbranched alkanes of at least 4 members (excludes halogenated alkanes) is 1. The van der Waals surface area contributed by atoms with Crippen molar-refractivity contribution in [2.45, 2.75) is 38.9 Å². The molecule has 0 saturated carbocycles. The van der Waals surface area contributed by atoms with Crippen molar-refractivity contribution in [2.24, 2.45) is 0 Å². The molecule has 0 N–H and O–H groups in total. The summed E-state index contributed by atoms with van der Waals surface area (Å²) in [4.78, 5) is 42.7. The molecule has 8 nitrogen and oxygen atoms in total. The lowest BCUT2D eigenvalue weighted by atomic mass is 10.3. The van der Waals surface area contributed by atoms with Gasteiger partial charge in [0.2, 0.25) is 6.29 Å². The van der Waals surface area contributed by atoms with Gasteiger partial charge in [-0.2, -0.15) is 0 Å². The first kappa shape index (κ1) is 27.1. The van der Waals surface area contributed by atoms with Crippen LogP contribution in [0.2, 0.25) is 0 Å². The SMILES string of the molecule is C=CC(=O)OC(CCC)OC(=O)C=C.C=CC(=O)OCCCCOC(=O)C=C. The standard InChI is InChI=1S/2C10H14O4/c1-4-7-10(13-8(11)5-2)14-9(12)6-3;1-3-9(11)13-7-5-6-8-14-10(12)4-2/h5-6,10H,2-4,7H2,1H3;3-4H,1-2,5-8H2. The van der Waals surface area contributed by atoms with E-state index in [1.54, 1.807) is 0 Å². The molecule has 0 heterocycles. The lowest BCUT2D eigenvalue weighted by molar-refractivity contribution is -0.181. The monoisotopic (exact) mass is 396 g/mol. The van der Waals surface area contributed by atoms with Crippen LogP contribution in [0.25, 0.3) is 0 Å². The van der Waals surface area contributed by atoms with E-state index in [0.29, 0.717) is 32.5 Å². The van der Waals surface area contributed by atoms with Crippen LogP contribution in [0.5, 0.6) is 0 Å². The minimum atomic E-state index is -0.851. The molecule has 0 saturated heterocycles. The first-order valence-electron chi connectivity index (χ1n) is 8.58. The number of ether oxygens (including phenoxy) is 4. The summed E-state index contributed by atoms with van der Waals surface area (Å²) in [5, 5.41) is 0. The van der Waals surface area contributed by atoms with Gasteiger partial charge < -0.3 is 18.9 Å². The van der Waals surface area contributed by atoms with Crippen LogP contribution in [-0.2, 0) is 38.1 Å². The molecule has 0 bridgehead atoms. The molecule has 0 fully saturated rings. The van der Waals surface area contributed by atoms with Gasteiger partial charge in [-0.1, -0.05) is 33.2 Å². The maximum absolute atomic E-state index is 10.8. The van der Waals surface area contributed by atoms with Crippen molar-refractivity contribution in [1.29, 1.82) is 0 Å². The average molecular weight is 396 g/mol. The molecule has 0 aromatic carbocycles. The molecule has 0 aliphatic carbocycles. The highest BCUT2D eigenvalue weighted by atomic mass is 16.7. The number of carbonyl (C=O) groups excluding carboxylic acids is 4. The van der Waals surface area contributed by atoms with Crippen LogP contribution < -0.4 is 0 Å². The van der Waals surface area contributed by atoms with E-state index in [-0.39, 0.29) is 0 Å². The molecule has 0 aromatic heterocycles. The van der Waals surface area contributed by atoms with Crippen molar-refractivity contribution in [3.63, 3.8) is 0 Å². The third-order valence-electron chi connectivity index (χ3n) is 2.71. The van der Waals surface area contributed by atoms with Gasteiger partial charge in [0.05, 0.1) is 13.2 Å². The van der Waals surface area contributed by atoms with E-state index in [9.17, 15) is 19.2 Å². The second kappa shape index (κ2) is 18.6. The van der Waals surface area contributed by atoms with Crippen molar-refractivity contribution >= 4 is 23.9 Å². The lowest BCUT2D eigenvalue weighted by Crippen LogP contribution is -2.22. The molecule has 0 atom stereocenters. The molecule has 0 radical (unpaired) electrons. The largest absolute Gasteiger partial charge is 0.463 e. The van der Waals surface area contributed by atoms with Gasteiger partial charge >= 0.3 is 23.9 Å². The summed E-state index contributed by atoms with van der Waals surface area (Å²) in [6.45, 7) is 15.5. The number of hydrogen-bond donors (Lipinski definition) is 0. The fourth-order valence-electron chi connectivity index (χ4n) is 1.40. The van der Waals surface area contributed by atoms with Gasteiger partial charge in [-0.05, 0) is 19.3 Å². The van der Waals surface area contributed by atoms with Crippen molar-refractivity contribution < 1.29 is 38.1 Å². The highest BCUT2D eigenvalue weighted by Crippen LogP contribution is 2.05. The maximum atomic E-state index is 10.8. The topological polar surface area (TPSA) is 105 Å². The first-order chi connectivity index (χ1) is 13.3. The van der Waals surface area contributed by atoms with E-state index in [1.165, 1.54) is 0 Å². The van der Waals surface area contributed by atoms with Gasteiger partial charge in [-0.25, -0.2) is 19.2 Å². The van der Waals surface area contributed by atoms with Crippen molar-refractivity contribution in [2.75, 3.05) is 13.2 Å². The zero-order valence-corrected chi connectivity index (χ0v) is 16.2. The molecule has 8 heteroatoms. The zero-order chi connectivity index (χ0) is 21.8. The highest BCUT2D eigenvalue weighted by molar-refractivity contribution is 5.83. The summed E-state index contributed by atoms with van der Waals surface area (Å²) in [6.07, 6.45) is 5.91. The predicted molar refractivity (Wildman–Crippen MR) is 103 cm³/mol.